The van der Waals surface area contributed by atoms with Crippen LogP contribution in [-0.2, 0) is 6.18 Å². The monoisotopic (exact) mass is 450 g/mol. The van der Waals surface area contributed by atoms with Gasteiger partial charge in [0, 0.05) is 12.1 Å². The Morgan fingerprint density at radius 2 is 1.82 bits per heavy atom. The van der Waals surface area contributed by atoms with Crippen LogP contribution in [0.25, 0.3) is 22.2 Å². The van der Waals surface area contributed by atoms with E-state index in [1.165, 1.54) is 12.1 Å². The number of aryl methyl sites for hydroxylation is 1. The minimum Gasteiger partial charge on any atom is -0.438 e. The smallest absolute Gasteiger partial charge is 0.417 e. The van der Waals surface area contributed by atoms with Gasteiger partial charge in [0.25, 0.3) is 5.91 Å². The van der Waals surface area contributed by atoms with Crippen LogP contribution < -0.4 is 0 Å². The Morgan fingerprint density at radius 1 is 1.06 bits per heavy atom. The predicted molar refractivity (Wildman–Crippen MR) is 119 cm³/mol. The van der Waals surface area contributed by atoms with Crippen molar-refractivity contribution in [3.63, 3.8) is 0 Å². The van der Waals surface area contributed by atoms with E-state index in [2.05, 4.69) is 4.98 Å². The minimum atomic E-state index is -4.46. The first kappa shape index (κ1) is 21.2. The number of halogens is 3. The Morgan fingerprint density at radius 3 is 2.61 bits per heavy atom. The highest BCUT2D eigenvalue weighted by molar-refractivity contribution is 5.96. The normalized spacial score (nSPS) is 16.5. The van der Waals surface area contributed by atoms with Gasteiger partial charge in [0.2, 0.25) is 5.89 Å². The number of carbonyl (C=O) groups is 1. The summed E-state index contributed by atoms with van der Waals surface area (Å²) in [6.07, 6.45) is -2.92. The number of oxazole rings is 1. The van der Waals surface area contributed by atoms with Crippen molar-refractivity contribution in [1.29, 1.82) is 0 Å². The molecule has 2 heterocycles. The van der Waals surface area contributed by atoms with Gasteiger partial charge in [-0.15, -0.1) is 0 Å². The maximum absolute atomic E-state index is 13.5. The molecule has 0 spiro atoms. The molecular weight excluding hydrogens is 429 g/mol. The zero-order chi connectivity index (χ0) is 23.2. The highest BCUT2D eigenvalue weighted by Gasteiger charge is 2.35. The van der Waals surface area contributed by atoms with Gasteiger partial charge in [-0.1, -0.05) is 42.5 Å². The topological polar surface area (TPSA) is 46.3 Å². The summed E-state index contributed by atoms with van der Waals surface area (Å²) in [5.74, 6) is 0.336. The maximum Gasteiger partial charge on any atom is 0.417 e. The van der Waals surface area contributed by atoms with Crippen LogP contribution in [-0.4, -0.2) is 22.3 Å². The lowest BCUT2D eigenvalue weighted by Crippen LogP contribution is -2.31. The molecule has 0 N–H and O–H groups in total. The van der Waals surface area contributed by atoms with Crippen molar-refractivity contribution in [2.75, 3.05) is 6.54 Å². The average Bonchev–Trinajstić information content (AvgIpc) is 3.45. The van der Waals surface area contributed by atoms with Crippen LogP contribution in [0.5, 0.6) is 0 Å². The number of aromatic nitrogens is 1. The van der Waals surface area contributed by atoms with E-state index in [4.69, 9.17) is 4.42 Å². The quantitative estimate of drug-likeness (QED) is 0.345. The first-order valence-electron chi connectivity index (χ1n) is 10.8. The van der Waals surface area contributed by atoms with Crippen LogP contribution in [0, 0.1) is 6.92 Å². The van der Waals surface area contributed by atoms with Gasteiger partial charge < -0.3 is 9.32 Å². The molecule has 1 amide bonds. The molecule has 5 rings (SSSR count). The van der Waals surface area contributed by atoms with Crippen LogP contribution in [0.1, 0.15) is 46.3 Å². The van der Waals surface area contributed by atoms with Crippen molar-refractivity contribution in [3.8, 4) is 11.1 Å². The van der Waals surface area contributed by atoms with Gasteiger partial charge in [-0.05, 0) is 60.7 Å². The van der Waals surface area contributed by atoms with Gasteiger partial charge in [0.05, 0.1) is 5.56 Å². The molecule has 1 saturated heterocycles. The first-order chi connectivity index (χ1) is 15.8. The van der Waals surface area contributed by atoms with Gasteiger partial charge in [-0.2, -0.15) is 13.2 Å². The van der Waals surface area contributed by atoms with Crippen molar-refractivity contribution in [2.45, 2.75) is 32.0 Å². The zero-order valence-electron chi connectivity index (χ0n) is 17.9. The van der Waals surface area contributed by atoms with Crippen LogP contribution in [0.3, 0.4) is 0 Å². The van der Waals surface area contributed by atoms with Crippen LogP contribution in [0.2, 0.25) is 0 Å². The molecule has 0 radical (unpaired) electrons. The largest absolute Gasteiger partial charge is 0.438 e. The average molecular weight is 450 g/mol. The molecule has 1 aromatic heterocycles. The number of rotatable bonds is 3. The summed E-state index contributed by atoms with van der Waals surface area (Å²) in [6, 6.07) is 17.5. The molecule has 168 valence electrons. The second-order valence-electron chi connectivity index (χ2n) is 8.25. The lowest BCUT2D eigenvalue weighted by Gasteiger charge is -2.23. The van der Waals surface area contributed by atoms with Crippen molar-refractivity contribution in [2.24, 2.45) is 0 Å². The van der Waals surface area contributed by atoms with Crippen molar-refractivity contribution in [1.82, 2.24) is 9.88 Å². The second kappa shape index (κ2) is 8.06. The third-order valence-corrected chi connectivity index (χ3v) is 6.12. The van der Waals surface area contributed by atoms with Crippen LogP contribution >= 0.6 is 0 Å². The summed E-state index contributed by atoms with van der Waals surface area (Å²) in [4.78, 5) is 19.5. The second-order valence-corrected chi connectivity index (χ2v) is 8.25. The predicted octanol–water partition coefficient (Wildman–Crippen LogP) is 6.80. The molecular formula is C26H21F3N2O2. The van der Waals surface area contributed by atoms with Crippen molar-refractivity contribution >= 4 is 17.0 Å². The van der Waals surface area contributed by atoms with Gasteiger partial charge >= 0.3 is 6.18 Å². The molecule has 1 aliphatic heterocycles. The summed E-state index contributed by atoms with van der Waals surface area (Å²) in [5.41, 5.74) is 2.30. The number of hydrogen-bond acceptors (Lipinski definition) is 3. The maximum atomic E-state index is 13.5. The fourth-order valence-electron chi connectivity index (χ4n) is 4.47. The highest BCUT2D eigenvalue weighted by Crippen LogP contribution is 2.39. The lowest BCUT2D eigenvalue weighted by molar-refractivity contribution is -0.137. The van der Waals surface area contributed by atoms with E-state index in [0.717, 1.165) is 18.1 Å². The molecule has 0 bridgehead atoms. The van der Waals surface area contributed by atoms with Gasteiger partial charge in [0.15, 0.2) is 5.58 Å². The Balaban J connectivity index is 1.50. The summed E-state index contributed by atoms with van der Waals surface area (Å²) in [5, 5.41) is 0. The summed E-state index contributed by atoms with van der Waals surface area (Å²) >= 11 is 0. The highest BCUT2D eigenvalue weighted by atomic mass is 19.4. The van der Waals surface area contributed by atoms with Crippen LogP contribution in [0.4, 0.5) is 13.2 Å². The molecule has 1 aliphatic rings. The molecule has 4 aromatic rings. The van der Waals surface area contributed by atoms with E-state index < -0.39 is 11.7 Å². The Kier molecular flexibility index (Phi) is 5.19. The minimum absolute atomic E-state index is 0.0716. The molecule has 0 saturated carbocycles. The molecule has 33 heavy (non-hydrogen) atoms. The Hall–Kier alpha value is -3.61. The number of nitrogens with zero attached hydrogens (tertiary/aromatic N) is 2. The summed E-state index contributed by atoms with van der Waals surface area (Å²) < 4.78 is 46.4. The fraction of sp³-hybridized carbons (Fsp3) is 0.231. The van der Waals surface area contributed by atoms with Crippen molar-refractivity contribution < 1.29 is 22.4 Å². The summed E-state index contributed by atoms with van der Waals surface area (Å²) in [7, 11) is 0. The van der Waals surface area contributed by atoms with E-state index in [1.807, 2.05) is 31.2 Å². The first-order valence-corrected chi connectivity index (χ1v) is 10.8. The molecule has 4 nitrogen and oxygen atoms in total. The fourth-order valence-corrected chi connectivity index (χ4v) is 4.47. The number of alkyl halides is 3. The Bertz CT molecular complexity index is 1340. The lowest BCUT2D eigenvalue weighted by atomic mass is 9.99. The SMILES string of the molecule is Cc1ccccc1C(=O)N1CCCC1c1nc2cc(-c3ccccc3C(F)(F)F)ccc2o1. The molecule has 1 atom stereocenters. The molecule has 1 unspecified atom stereocenters. The molecule has 3 aromatic carbocycles. The third kappa shape index (κ3) is 3.88. The molecule has 7 heteroatoms. The summed E-state index contributed by atoms with van der Waals surface area (Å²) in [6.45, 7) is 2.50. The van der Waals surface area contributed by atoms with Crippen LogP contribution in [0.15, 0.2) is 71.1 Å². The molecule has 1 fully saturated rings. The van der Waals surface area contributed by atoms with E-state index in [-0.39, 0.29) is 17.5 Å². The van der Waals surface area contributed by atoms with Gasteiger partial charge in [-0.25, -0.2) is 4.98 Å². The molecule has 0 aliphatic carbocycles. The number of carbonyl (C=O) groups excluding carboxylic acids is 1. The van der Waals surface area contributed by atoms with E-state index in [0.29, 0.717) is 41.1 Å². The van der Waals surface area contributed by atoms with E-state index in [1.54, 1.807) is 29.2 Å². The van der Waals surface area contributed by atoms with E-state index in [9.17, 15) is 18.0 Å². The van der Waals surface area contributed by atoms with Gasteiger partial charge in [0.1, 0.15) is 11.6 Å². The van der Waals surface area contributed by atoms with E-state index >= 15 is 0 Å². The zero-order valence-corrected chi connectivity index (χ0v) is 17.9. The van der Waals surface area contributed by atoms with Crippen molar-refractivity contribution in [3.05, 3.63) is 89.3 Å². The number of amides is 1. The standard InChI is InChI=1S/C26H21F3N2O2/c1-16-7-2-3-8-18(16)25(32)31-14-6-11-22(31)24-30-21-15-17(12-13-23(21)33-24)19-9-4-5-10-20(19)26(27,28)29/h2-5,7-10,12-13,15,22H,6,11,14H2,1H3. The number of fused-ring (bicyclic) bond motifs is 1. The third-order valence-electron chi connectivity index (χ3n) is 6.12. The number of benzene rings is 3. The number of hydrogen-bond donors (Lipinski definition) is 0. The Labute approximate surface area is 188 Å². The number of likely N-dealkylation sites (tertiary alicyclic amines) is 1. The van der Waals surface area contributed by atoms with Gasteiger partial charge in [-0.3, -0.25) is 4.79 Å².